The SMILES string of the molecule is CC1(c2cccc(N(c3ccccc3)c3ccc4c(c3)sc3ccc5c(ccc6sc7cc(N(c8ccccc8)c8cccc(C9(C)c%10ccccc%10-c%10ccccc%109)c8)ccc7c65)c34)c2)c2ccccc2-c2ccccc21. The van der Waals surface area contributed by atoms with Crippen LogP contribution >= 0.6 is 22.7 Å². The molecule has 0 bridgehead atoms. The first kappa shape index (κ1) is 45.2. The van der Waals surface area contributed by atoms with Gasteiger partial charge >= 0.3 is 0 Å². The predicted octanol–water partition coefficient (Wildman–Crippen LogP) is 21.2. The lowest BCUT2D eigenvalue weighted by Gasteiger charge is -2.31. The summed E-state index contributed by atoms with van der Waals surface area (Å²) in [6, 6.07) is 99.6. The Balaban J connectivity index is 0.795. The van der Waals surface area contributed by atoms with Crippen LogP contribution in [0.1, 0.15) is 47.2 Å². The van der Waals surface area contributed by atoms with Crippen molar-refractivity contribution in [2.24, 2.45) is 0 Å². The summed E-state index contributed by atoms with van der Waals surface area (Å²) in [5.74, 6) is 0. The van der Waals surface area contributed by atoms with Gasteiger partial charge in [-0.3, -0.25) is 0 Å². The molecule has 0 fully saturated rings. The largest absolute Gasteiger partial charge is 0.310 e. The zero-order valence-corrected chi connectivity index (χ0v) is 44.7. The highest BCUT2D eigenvalue weighted by molar-refractivity contribution is 7.26. The highest BCUT2D eigenvalue weighted by Gasteiger charge is 2.42. The molecular weight excluding hydrogens is 981 g/mol. The van der Waals surface area contributed by atoms with Crippen LogP contribution in [0.3, 0.4) is 0 Å². The number of thiophene rings is 2. The average Bonchev–Trinajstić information content (AvgIpc) is 4.35. The first-order valence-electron chi connectivity index (χ1n) is 27.0. The highest BCUT2D eigenvalue weighted by Crippen LogP contribution is 2.55. The molecule has 2 heterocycles. The van der Waals surface area contributed by atoms with E-state index in [2.05, 4.69) is 291 Å². The third kappa shape index (κ3) is 6.54. The first-order valence-corrected chi connectivity index (χ1v) is 28.6. The molecule has 16 rings (SSSR count). The maximum atomic E-state index is 2.43. The molecule has 0 aliphatic heterocycles. The van der Waals surface area contributed by atoms with Crippen LogP contribution in [0.2, 0.25) is 0 Å². The molecule has 78 heavy (non-hydrogen) atoms. The van der Waals surface area contributed by atoms with Crippen LogP contribution in [-0.4, -0.2) is 0 Å². The number of nitrogens with zero attached hydrogens (tertiary/aromatic N) is 2. The number of para-hydroxylation sites is 2. The summed E-state index contributed by atoms with van der Waals surface area (Å²) >= 11 is 3.78. The molecule has 0 saturated heterocycles. The molecule has 0 radical (unpaired) electrons. The van der Waals surface area contributed by atoms with Crippen molar-refractivity contribution in [1.82, 2.24) is 0 Å². The summed E-state index contributed by atoms with van der Waals surface area (Å²) in [6.07, 6.45) is 0. The molecule has 2 aliphatic rings. The van der Waals surface area contributed by atoms with E-state index in [1.165, 1.54) is 107 Å². The van der Waals surface area contributed by atoms with E-state index < -0.39 is 0 Å². The number of anilines is 6. The van der Waals surface area contributed by atoms with E-state index in [0.717, 1.165) is 34.1 Å². The molecule has 0 spiro atoms. The Kier molecular flexibility index (Phi) is 9.97. The summed E-state index contributed by atoms with van der Waals surface area (Å²) in [5.41, 5.74) is 19.5. The van der Waals surface area contributed by atoms with Crippen molar-refractivity contribution in [2.75, 3.05) is 9.80 Å². The summed E-state index contributed by atoms with van der Waals surface area (Å²) < 4.78 is 5.15. The molecule has 4 heteroatoms. The van der Waals surface area contributed by atoms with Crippen molar-refractivity contribution in [2.45, 2.75) is 24.7 Å². The van der Waals surface area contributed by atoms with E-state index in [9.17, 15) is 0 Å². The van der Waals surface area contributed by atoms with Crippen LogP contribution in [0.5, 0.6) is 0 Å². The fourth-order valence-corrected chi connectivity index (χ4v) is 16.0. The molecule has 368 valence electrons. The lowest BCUT2D eigenvalue weighted by atomic mass is 9.74. The smallest absolute Gasteiger partial charge is 0.0476 e. The summed E-state index contributed by atoms with van der Waals surface area (Å²) in [4.78, 5) is 4.86. The van der Waals surface area contributed by atoms with Crippen LogP contribution in [0.4, 0.5) is 34.1 Å². The van der Waals surface area contributed by atoms with Gasteiger partial charge < -0.3 is 9.80 Å². The van der Waals surface area contributed by atoms with E-state index >= 15 is 0 Å². The van der Waals surface area contributed by atoms with Crippen molar-refractivity contribution in [1.29, 1.82) is 0 Å². The Labute approximate surface area is 462 Å². The van der Waals surface area contributed by atoms with Gasteiger partial charge in [-0.25, -0.2) is 0 Å². The van der Waals surface area contributed by atoms with Crippen LogP contribution < -0.4 is 9.80 Å². The Bertz CT molecular complexity index is 4350. The Morgan fingerprint density at radius 2 is 0.577 bits per heavy atom. The van der Waals surface area contributed by atoms with Gasteiger partial charge in [0.05, 0.1) is 0 Å². The average molecular weight is 1030 g/mol. The van der Waals surface area contributed by atoms with E-state index in [4.69, 9.17) is 0 Å². The predicted molar refractivity (Wildman–Crippen MR) is 334 cm³/mol. The monoisotopic (exact) mass is 1030 g/mol. The lowest BCUT2D eigenvalue weighted by Crippen LogP contribution is -2.23. The fourth-order valence-electron chi connectivity index (χ4n) is 13.7. The number of rotatable bonds is 8. The molecule has 2 nitrogen and oxygen atoms in total. The standard InChI is InChI=1S/C74H50N2S2/c1-73(63-31-13-9-27-55(63)56-28-10-14-32-64(56)73)47-19-17-25-51(43-47)75(49-21-5-3-6-22-49)53-35-37-61-69(45-53)77-67-41-39-60-59(71(61)67)40-42-68-72(60)62-38-36-54(46-70(62)78-68)76(50-23-7-4-8-24-50)52-26-18-20-48(44-52)74(2)65-33-15-11-29-57(65)58-30-12-16-34-66(58)74/h3-46H,1-2H3. The molecular formula is C74H50N2S2. The number of hydrogen-bond acceptors (Lipinski definition) is 4. The van der Waals surface area contributed by atoms with Gasteiger partial charge in [-0.2, -0.15) is 0 Å². The van der Waals surface area contributed by atoms with E-state index in [1.54, 1.807) is 0 Å². The number of hydrogen-bond donors (Lipinski definition) is 0. The molecule has 0 saturated carbocycles. The highest BCUT2D eigenvalue weighted by atomic mass is 32.1. The van der Waals surface area contributed by atoms with Gasteiger partial charge in [0.25, 0.3) is 0 Å². The van der Waals surface area contributed by atoms with Crippen molar-refractivity contribution in [3.63, 3.8) is 0 Å². The molecule has 14 aromatic rings. The third-order valence-electron chi connectivity index (χ3n) is 17.4. The second-order valence-corrected chi connectivity index (χ2v) is 23.6. The van der Waals surface area contributed by atoms with Crippen molar-refractivity contribution >= 4 is 108 Å². The maximum Gasteiger partial charge on any atom is 0.0476 e. The quantitative estimate of drug-likeness (QED) is 0.150. The molecule has 0 atom stereocenters. The third-order valence-corrected chi connectivity index (χ3v) is 19.6. The normalized spacial score (nSPS) is 13.7. The molecule has 0 N–H and O–H groups in total. The van der Waals surface area contributed by atoms with E-state index in [0.29, 0.717) is 0 Å². The fraction of sp³-hybridized carbons (Fsp3) is 0.0541. The Hall–Kier alpha value is -9.06. The van der Waals surface area contributed by atoms with Gasteiger partial charge in [-0.15, -0.1) is 22.7 Å². The summed E-state index contributed by atoms with van der Waals surface area (Å²) in [6.45, 7) is 4.80. The van der Waals surface area contributed by atoms with Crippen molar-refractivity contribution in [3.8, 4) is 22.3 Å². The van der Waals surface area contributed by atoms with Gasteiger partial charge in [0.15, 0.2) is 0 Å². The second kappa shape index (κ2) is 17.2. The van der Waals surface area contributed by atoms with Crippen LogP contribution in [0, 0.1) is 0 Å². The van der Waals surface area contributed by atoms with Gasteiger partial charge in [0, 0.05) is 85.3 Å². The molecule has 0 unspecified atom stereocenters. The second-order valence-electron chi connectivity index (χ2n) is 21.4. The Morgan fingerprint density at radius 3 is 0.962 bits per heavy atom. The molecule has 2 aliphatic carbocycles. The maximum absolute atomic E-state index is 2.43. The minimum atomic E-state index is -0.297. The Morgan fingerprint density at radius 1 is 0.256 bits per heavy atom. The summed E-state index contributed by atoms with van der Waals surface area (Å²) in [7, 11) is 0. The number of fused-ring (bicyclic) bond motifs is 15. The van der Waals surface area contributed by atoms with Crippen LogP contribution in [0.25, 0.3) is 73.4 Å². The van der Waals surface area contributed by atoms with Crippen LogP contribution in [0.15, 0.2) is 267 Å². The molecule has 2 aromatic heterocycles. The van der Waals surface area contributed by atoms with Gasteiger partial charge in [-0.05, 0) is 165 Å². The molecule has 0 amide bonds. The topological polar surface area (TPSA) is 6.48 Å². The van der Waals surface area contributed by atoms with Crippen molar-refractivity contribution in [3.05, 3.63) is 300 Å². The van der Waals surface area contributed by atoms with Crippen LogP contribution in [-0.2, 0) is 10.8 Å². The van der Waals surface area contributed by atoms with E-state index in [1.807, 2.05) is 22.7 Å². The molecule has 12 aromatic carbocycles. The minimum absolute atomic E-state index is 0.297. The first-order chi connectivity index (χ1) is 38.4. The van der Waals surface area contributed by atoms with Gasteiger partial charge in [-0.1, -0.05) is 182 Å². The minimum Gasteiger partial charge on any atom is -0.310 e. The van der Waals surface area contributed by atoms with Crippen molar-refractivity contribution < 1.29 is 0 Å². The zero-order valence-electron chi connectivity index (χ0n) is 43.1. The summed E-state index contributed by atoms with van der Waals surface area (Å²) in [5, 5.41) is 7.83. The zero-order chi connectivity index (χ0) is 51.7. The lowest BCUT2D eigenvalue weighted by molar-refractivity contribution is 0.714. The number of benzene rings is 12. The van der Waals surface area contributed by atoms with Gasteiger partial charge in [0.2, 0.25) is 0 Å². The van der Waals surface area contributed by atoms with E-state index in [-0.39, 0.29) is 10.8 Å². The van der Waals surface area contributed by atoms with Gasteiger partial charge in [0.1, 0.15) is 0 Å².